The molecule has 6 nitrogen and oxygen atoms in total. The zero-order valence-electron chi connectivity index (χ0n) is 7.70. The molecule has 0 aliphatic heterocycles. The third kappa shape index (κ3) is 3.55. The maximum absolute atomic E-state index is 11.0. The van der Waals surface area contributed by atoms with Crippen molar-refractivity contribution in [3.8, 4) is 0 Å². The number of carbonyl (C=O) groups excluding carboxylic acids is 3. The van der Waals surface area contributed by atoms with Crippen molar-refractivity contribution in [3.63, 3.8) is 0 Å². The highest BCUT2D eigenvalue weighted by molar-refractivity contribution is 5.93. The largest absolute Gasteiger partial charge is 0.533 e. The monoisotopic (exact) mass is 189 g/mol. The summed E-state index contributed by atoms with van der Waals surface area (Å²) in [6.45, 7) is 2.65. The molecule has 0 aromatic carbocycles. The summed E-state index contributed by atoms with van der Waals surface area (Å²) in [6, 6.07) is 0. The number of hydroxylamine groups is 2. The maximum atomic E-state index is 11.0. The van der Waals surface area contributed by atoms with Crippen LogP contribution in [0.1, 0.15) is 20.3 Å². The zero-order valence-corrected chi connectivity index (χ0v) is 7.70. The van der Waals surface area contributed by atoms with Gasteiger partial charge < -0.3 is 4.74 Å². The van der Waals surface area contributed by atoms with E-state index in [1.165, 1.54) is 0 Å². The summed E-state index contributed by atoms with van der Waals surface area (Å²) in [7, 11) is 1.08. The van der Waals surface area contributed by atoms with Gasteiger partial charge in [-0.05, 0) is 0 Å². The topological polar surface area (TPSA) is 72.9 Å². The standard InChI is InChI=1S/C7H11NO5/c1-4-6(10)8(5(2)9)13-7(11)12-3/h4H2,1-3H3. The molecule has 0 N–H and O–H groups in total. The first-order valence-corrected chi connectivity index (χ1v) is 3.62. The summed E-state index contributed by atoms with van der Waals surface area (Å²) < 4.78 is 4.12. The number of nitrogens with zero attached hydrogens (tertiary/aromatic N) is 1. The highest BCUT2D eigenvalue weighted by atomic mass is 16.8. The van der Waals surface area contributed by atoms with Gasteiger partial charge in [-0.25, -0.2) is 4.79 Å². The molecule has 2 amide bonds. The molecular formula is C7H11NO5. The van der Waals surface area contributed by atoms with Gasteiger partial charge in [0.05, 0.1) is 7.11 Å². The van der Waals surface area contributed by atoms with Gasteiger partial charge in [0.1, 0.15) is 0 Å². The van der Waals surface area contributed by atoms with Crippen LogP contribution in [0, 0.1) is 0 Å². The average Bonchev–Trinajstić information content (AvgIpc) is 2.11. The Kier molecular flexibility index (Phi) is 4.50. The number of rotatable bonds is 1. The van der Waals surface area contributed by atoms with Gasteiger partial charge in [0.2, 0.25) is 0 Å². The number of methoxy groups -OCH3 is 1. The van der Waals surface area contributed by atoms with Crippen molar-refractivity contribution in [1.29, 1.82) is 0 Å². The number of amides is 2. The second-order valence-electron chi connectivity index (χ2n) is 2.11. The fraction of sp³-hybridized carbons (Fsp3) is 0.571. The van der Waals surface area contributed by atoms with Gasteiger partial charge in [0.15, 0.2) is 0 Å². The van der Waals surface area contributed by atoms with E-state index in [0.717, 1.165) is 14.0 Å². The Morgan fingerprint density at radius 2 is 1.85 bits per heavy atom. The lowest BCUT2D eigenvalue weighted by Crippen LogP contribution is -2.36. The highest BCUT2D eigenvalue weighted by Gasteiger charge is 2.21. The first-order chi connectivity index (χ1) is 6.02. The van der Waals surface area contributed by atoms with Gasteiger partial charge >= 0.3 is 6.16 Å². The van der Waals surface area contributed by atoms with Crippen LogP contribution in [0.4, 0.5) is 4.79 Å². The summed E-state index contributed by atoms with van der Waals surface area (Å²) in [5.41, 5.74) is 0. The van der Waals surface area contributed by atoms with Crippen LogP contribution >= 0.6 is 0 Å². The smallest absolute Gasteiger partial charge is 0.436 e. The predicted octanol–water partition coefficient (Wildman–Crippen LogP) is 0.470. The Morgan fingerprint density at radius 1 is 1.31 bits per heavy atom. The lowest BCUT2D eigenvalue weighted by molar-refractivity contribution is -0.182. The van der Waals surface area contributed by atoms with E-state index in [4.69, 9.17) is 0 Å². The number of ether oxygens (including phenoxy) is 1. The number of carbonyl (C=O) groups is 3. The Labute approximate surface area is 75.4 Å². The van der Waals surface area contributed by atoms with E-state index >= 15 is 0 Å². The molecule has 0 aliphatic carbocycles. The van der Waals surface area contributed by atoms with E-state index in [1.54, 1.807) is 6.92 Å². The second kappa shape index (κ2) is 5.13. The Bertz CT molecular complexity index is 225. The molecule has 0 aromatic heterocycles. The lowest BCUT2D eigenvalue weighted by Gasteiger charge is -2.15. The molecule has 0 fully saturated rings. The van der Waals surface area contributed by atoms with E-state index in [0.29, 0.717) is 5.06 Å². The van der Waals surface area contributed by atoms with Gasteiger partial charge in [-0.1, -0.05) is 12.0 Å². The van der Waals surface area contributed by atoms with Crippen LogP contribution in [0.15, 0.2) is 0 Å². The third-order valence-corrected chi connectivity index (χ3v) is 1.15. The van der Waals surface area contributed by atoms with E-state index < -0.39 is 18.0 Å². The number of hydrogen-bond acceptors (Lipinski definition) is 5. The molecule has 13 heavy (non-hydrogen) atoms. The first-order valence-electron chi connectivity index (χ1n) is 3.62. The normalized spacial score (nSPS) is 8.85. The van der Waals surface area contributed by atoms with Crippen molar-refractivity contribution >= 4 is 18.0 Å². The SMILES string of the molecule is CCC(=O)N(OC(=O)OC)C(C)=O. The minimum Gasteiger partial charge on any atom is -0.436 e. The predicted molar refractivity (Wildman–Crippen MR) is 41.3 cm³/mol. The molecular weight excluding hydrogens is 178 g/mol. The van der Waals surface area contributed by atoms with Gasteiger partial charge in [0, 0.05) is 13.3 Å². The molecule has 6 heteroatoms. The second-order valence-corrected chi connectivity index (χ2v) is 2.11. The Balaban J connectivity index is 4.35. The van der Waals surface area contributed by atoms with E-state index in [2.05, 4.69) is 9.57 Å². The van der Waals surface area contributed by atoms with Crippen molar-refractivity contribution in [1.82, 2.24) is 5.06 Å². The molecule has 74 valence electrons. The van der Waals surface area contributed by atoms with Crippen molar-refractivity contribution in [3.05, 3.63) is 0 Å². The van der Waals surface area contributed by atoms with Crippen LogP contribution < -0.4 is 0 Å². The minimum atomic E-state index is -1.10. The van der Waals surface area contributed by atoms with Gasteiger partial charge in [0.25, 0.3) is 11.8 Å². The zero-order chi connectivity index (χ0) is 10.4. The van der Waals surface area contributed by atoms with Crippen molar-refractivity contribution in [2.75, 3.05) is 7.11 Å². The van der Waals surface area contributed by atoms with Crippen LogP contribution in [-0.2, 0) is 19.2 Å². The van der Waals surface area contributed by atoms with Crippen LogP contribution in [0.5, 0.6) is 0 Å². The van der Waals surface area contributed by atoms with E-state index in [1.807, 2.05) is 0 Å². The molecule has 0 aromatic rings. The summed E-state index contributed by atoms with van der Waals surface area (Å²) in [6.07, 6.45) is -1.03. The summed E-state index contributed by atoms with van der Waals surface area (Å²) in [5.74, 6) is -1.27. The summed E-state index contributed by atoms with van der Waals surface area (Å²) in [4.78, 5) is 36.6. The fourth-order valence-corrected chi connectivity index (χ4v) is 0.546. The van der Waals surface area contributed by atoms with Crippen molar-refractivity contribution < 1.29 is 24.0 Å². The Hall–Kier alpha value is -1.59. The number of imide groups is 1. The van der Waals surface area contributed by atoms with E-state index in [-0.39, 0.29) is 6.42 Å². The molecule has 0 rings (SSSR count). The maximum Gasteiger partial charge on any atom is 0.533 e. The summed E-state index contributed by atoms with van der Waals surface area (Å²) >= 11 is 0. The molecule has 0 bridgehead atoms. The molecule has 0 radical (unpaired) electrons. The lowest BCUT2D eigenvalue weighted by atomic mass is 10.4. The van der Waals surface area contributed by atoms with Crippen LogP contribution in [0.2, 0.25) is 0 Å². The third-order valence-electron chi connectivity index (χ3n) is 1.15. The molecule has 0 spiro atoms. The minimum absolute atomic E-state index is 0.0660. The molecule has 0 heterocycles. The van der Waals surface area contributed by atoms with Crippen LogP contribution in [0.3, 0.4) is 0 Å². The summed E-state index contributed by atoms with van der Waals surface area (Å²) in [5, 5.41) is 0.367. The molecule has 0 saturated carbocycles. The average molecular weight is 189 g/mol. The fourth-order valence-electron chi connectivity index (χ4n) is 0.546. The van der Waals surface area contributed by atoms with Gasteiger partial charge in [-0.15, -0.1) is 0 Å². The molecule has 0 atom stereocenters. The molecule has 0 unspecified atom stereocenters. The van der Waals surface area contributed by atoms with Gasteiger partial charge in [-0.2, -0.15) is 0 Å². The van der Waals surface area contributed by atoms with Gasteiger partial charge in [-0.3, -0.25) is 14.4 Å². The Morgan fingerprint density at radius 3 is 2.15 bits per heavy atom. The highest BCUT2D eigenvalue weighted by Crippen LogP contribution is 1.98. The molecule has 0 aliphatic rings. The van der Waals surface area contributed by atoms with E-state index in [9.17, 15) is 14.4 Å². The van der Waals surface area contributed by atoms with Crippen molar-refractivity contribution in [2.45, 2.75) is 20.3 Å². The van der Waals surface area contributed by atoms with Crippen LogP contribution in [0.25, 0.3) is 0 Å². The van der Waals surface area contributed by atoms with Crippen molar-refractivity contribution in [2.24, 2.45) is 0 Å². The molecule has 0 saturated heterocycles. The number of hydrogen-bond donors (Lipinski definition) is 0. The van der Waals surface area contributed by atoms with Crippen LogP contribution in [-0.4, -0.2) is 30.1 Å². The quantitative estimate of drug-likeness (QED) is 0.442. The first kappa shape index (κ1) is 11.4.